The van der Waals surface area contributed by atoms with Crippen molar-refractivity contribution in [3.8, 4) is 0 Å². The van der Waals surface area contributed by atoms with Gasteiger partial charge in [0, 0.05) is 25.0 Å². The lowest BCUT2D eigenvalue weighted by molar-refractivity contribution is 0.373. The fourth-order valence-electron chi connectivity index (χ4n) is 3.43. The monoisotopic (exact) mass is 405 g/mol. The summed E-state index contributed by atoms with van der Waals surface area (Å²) in [4.78, 5) is 3.57. The highest BCUT2D eigenvalue weighted by Gasteiger charge is 2.39. The minimum Gasteiger partial charge on any atom is -0.312 e. The molecule has 28 heavy (non-hydrogen) atoms. The number of pyridine rings is 1. The average Bonchev–Trinajstić information content (AvgIpc) is 3.31. The zero-order valence-corrected chi connectivity index (χ0v) is 15.6. The Labute approximate surface area is 160 Å². The Morgan fingerprint density at radius 1 is 1.11 bits per heavy atom. The van der Waals surface area contributed by atoms with E-state index in [9.17, 15) is 17.2 Å². The molecular weight excluding hydrogens is 388 g/mol. The fourth-order valence-corrected chi connectivity index (χ4v) is 5.13. The van der Waals surface area contributed by atoms with E-state index in [1.54, 1.807) is 23.3 Å². The number of nitrogens with zero attached hydrogens (tertiary/aromatic N) is 5. The second-order valence-corrected chi connectivity index (χ2v) is 8.44. The lowest BCUT2D eigenvalue weighted by atomic mass is 10.2. The maximum atomic E-state index is 13.6. The largest absolute Gasteiger partial charge is 0.312 e. The van der Waals surface area contributed by atoms with Crippen LogP contribution in [0.3, 0.4) is 0 Å². The zero-order valence-electron chi connectivity index (χ0n) is 14.7. The standard InChI is InChI=1S/C18H17F2N5O2S/c19-14-8-15(20)10-16(9-14)28(26,27)25-7-1-2-17(25)18-23-22-12-24(18)11-13-3-5-21-6-4-13/h3-6,8-10,12,17H,1-2,7,11H2. The van der Waals surface area contributed by atoms with E-state index in [1.165, 1.54) is 4.31 Å². The molecule has 0 radical (unpaired) electrons. The summed E-state index contributed by atoms with van der Waals surface area (Å²) in [5.74, 6) is -1.37. The van der Waals surface area contributed by atoms with Crippen LogP contribution in [0.25, 0.3) is 0 Å². The van der Waals surface area contributed by atoms with Crippen molar-refractivity contribution in [2.75, 3.05) is 6.54 Å². The quantitative estimate of drug-likeness (QED) is 0.652. The minimum atomic E-state index is -4.09. The number of rotatable bonds is 5. The van der Waals surface area contributed by atoms with Crippen molar-refractivity contribution < 1.29 is 17.2 Å². The van der Waals surface area contributed by atoms with Crippen molar-refractivity contribution in [2.45, 2.75) is 30.3 Å². The van der Waals surface area contributed by atoms with Crippen molar-refractivity contribution in [3.05, 3.63) is 72.1 Å². The first-order valence-corrected chi connectivity index (χ1v) is 10.1. The lowest BCUT2D eigenvalue weighted by Crippen LogP contribution is -2.32. The van der Waals surface area contributed by atoms with E-state index in [1.807, 2.05) is 12.1 Å². The average molecular weight is 405 g/mol. The van der Waals surface area contributed by atoms with Crippen molar-refractivity contribution in [1.82, 2.24) is 24.1 Å². The van der Waals surface area contributed by atoms with E-state index in [2.05, 4.69) is 15.2 Å². The van der Waals surface area contributed by atoms with Crippen molar-refractivity contribution in [3.63, 3.8) is 0 Å². The summed E-state index contributed by atoms with van der Waals surface area (Å²) in [6.07, 6.45) is 6.05. The van der Waals surface area contributed by atoms with E-state index >= 15 is 0 Å². The Balaban J connectivity index is 1.67. The molecule has 1 fully saturated rings. The van der Waals surface area contributed by atoms with Crippen LogP contribution in [-0.2, 0) is 16.6 Å². The zero-order chi connectivity index (χ0) is 19.7. The number of halogens is 2. The third-order valence-corrected chi connectivity index (χ3v) is 6.58. The lowest BCUT2D eigenvalue weighted by Gasteiger charge is -2.24. The van der Waals surface area contributed by atoms with Gasteiger partial charge in [-0.25, -0.2) is 17.2 Å². The van der Waals surface area contributed by atoms with E-state index in [4.69, 9.17) is 0 Å². The minimum absolute atomic E-state index is 0.243. The number of hydrogen-bond donors (Lipinski definition) is 0. The Kier molecular flexibility index (Phi) is 4.90. The number of sulfonamides is 1. The molecule has 0 saturated carbocycles. The van der Waals surface area contributed by atoms with Gasteiger partial charge in [0.1, 0.15) is 18.0 Å². The molecule has 0 amide bonds. The summed E-state index contributed by atoms with van der Waals surface area (Å²) in [6.45, 7) is 0.705. The van der Waals surface area contributed by atoms with E-state index in [0.717, 1.165) is 17.7 Å². The van der Waals surface area contributed by atoms with Gasteiger partial charge in [0.2, 0.25) is 10.0 Å². The maximum Gasteiger partial charge on any atom is 0.243 e. The summed E-state index contributed by atoms with van der Waals surface area (Å²) >= 11 is 0. The van der Waals surface area contributed by atoms with Crippen LogP contribution >= 0.6 is 0 Å². The molecule has 3 aromatic rings. The Morgan fingerprint density at radius 2 is 1.82 bits per heavy atom. The van der Waals surface area contributed by atoms with Crippen LogP contribution in [0.4, 0.5) is 8.78 Å². The molecule has 0 aliphatic carbocycles. The van der Waals surface area contributed by atoms with Gasteiger partial charge in [-0.05, 0) is 42.7 Å². The van der Waals surface area contributed by atoms with Gasteiger partial charge in [-0.15, -0.1) is 10.2 Å². The highest BCUT2D eigenvalue weighted by Crippen LogP contribution is 2.36. The molecule has 3 heterocycles. The molecule has 4 rings (SSSR count). The first-order chi connectivity index (χ1) is 13.4. The molecule has 1 aliphatic heterocycles. The molecule has 0 bridgehead atoms. The van der Waals surface area contributed by atoms with Crippen LogP contribution in [0, 0.1) is 11.6 Å². The van der Waals surface area contributed by atoms with Gasteiger partial charge in [-0.3, -0.25) is 4.98 Å². The predicted molar refractivity (Wildman–Crippen MR) is 95.6 cm³/mol. The summed E-state index contributed by atoms with van der Waals surface area (Å²) in [7, 11) is -4.09. The van der Waals surface area contributed by atoms with Gasteiger partial charge >= 0.3 is 0 Å². The fraction of sp³-hybridized carbons (Fsp3) is 0.278. The Morgan fingerprint density at radius 3 is 2.54 bits per heavy atom. The van der Waals surface area contributed by atoms with E-state index in [-0.39, 0.29) is 6.54 Å². The Bertz CT molecular complexity index is 1070. The number of hydrogen-bond acceptors (Lipinski definition) is 5. The number of aromatic nitrogens is 4. The van der Waals surface area contributed by atoms with E-state index < -0.39 is 32.6 Å². The molecule has 7 nitrogen and oxygen atoms in total. The summed E-state index contributed by atoms with van der Waals surface area (Å²) in [5, 5.41) is 8.07. The third-order valence-electron chi connectivity index (χ3n) is 4.69. The summed E-state index contributed by atoms with van der Waals surface area (Å²) in [6, 6.07) is 5.45. The molecule has 1 aliphatic rings. The van der Waals surface area contributed by atoms with Gasteiger partial charge in [-0.1, -0.05) is 0 Å². The van der Waals surface area contributed by atoms with Crippen LogP contribution in [0.15, 0.2) is 53.9 Å². The highest BCUT2D eigenvalue weighted by molar-refractivity contribution is 7.89. The molecule has 2 aromatic heterocycles. The topological polar surface area (TPSA) is 81.0 Å². The SMILES string of the molecule is O=S(=O)(c1cc(F)cc(F)c1)N1CCCC1c1nncn1Cc1ccncc1. The van der Waals surface area contributed by atoms with Crippen LogP contribution in [-0.4, -0.2) is 39.0 Å². The number of benzene rings is 1. The molecule has 10 heteroatoms. The smallest absolute Gasteiger partial charge is 0.243 e. The molecular formula is C18H17F2N5O2S. The van der Waals surface area contributed by atoms with E-state index in [0.29, 0.717) is 31.3 Å². The normalized spacial score (nSPS) is 17.9. The van der Waals surface area contributed by atoms with Crippen LogP contribution in [0.5, 0.6) is 0 Å². The molecule has 146 valence electrons. The summed E-state index contributed by atoms with van der Waals surface area (Å²) < 4.78 is 56.2. The first-order valence-electron chi connectivity index (χ1n) is 8.70. The van der Waals surface area contributed by atoms with Crippen LogP contribution in [0.1, 0.15) is 30.3 Å². The van der Waals surface area contributed by atoms with Gasteiger partial charge < -0.3 is 4.57 Å². The molecule has 1 atom stereocenters. The predicted octanol–water partition coefficient (Wildman–Crippen LogP) is 2.53. The second kappa shape index (κ2) is 7.36. The molecule has 0 N–H and O–H groups in total. The molecule has 1 aromatic carbocycles. The van der Waals surface area contributed by atoms with Crippen molar-refractivity contribution in [1.29, 1.82) is 0 Å². The van der Waals surface area contributed by atoms with Crippen LogP contribution in [0.2, 0.25) is 0 Å². The molecule has 0 spiro atoms. The molecule has 1 unspecified atom stereocenters. The van der Waals surface area contributed by atoms with Gasteiger partial charge in [0.05, 0.1) is 17.5 Å². The first kappa shape index (κ1) is 18.6. The van der Waals surface area contributed by atoms with Gasteiger partial charge in [0.15, 0.2) is 5.82 Å². The maximum absolute atomic E-state index is 13.6. The van der Waals surface area contributed by atoms with Crippen molar-refractivity contribution >= 4 is 10.0 Å². The summed E-state index contributed by atoms with van der Waals surface area (Å²) in [5.41, 5.74) is 0.968. The highest BCUT2D eigenvalue weighted by atomic mass is 32.2. The van der Waals surface area contributed by atoms with Gasteiger partial charge in [0.25, 0.3) is 0 Å². The third kappa shape index (κ3) is 3.52. The molecule has 1 saturated heterocycles. The van der Waals surface area contributed by atoms with Crippen molar-refractivity contribution in [2.24, 2.45) is 0 Å². The Hall–Kier alpha value is -2.72. The second-order valence-electron chi connectivity index (χ2n) is 6.55. The van der Waals surface area contributed by atoms with Gasteiger partial charge in [-0.2, -0.15) is 4.31 Å². The van der Waals surface area contributed by atoms with Crippen LogP contribution < -0.4 is 0 Å².